The summed E-state index contributed by atoms with van der Waals surface area (Å²) >= 11 is 0. The molecule has 0 aromatic carbocycles. The Morgan fingerprint density at radius 2 is 1.81 bits per heavy atom. The second-order valence-electron chi connectivity index (χ2n) is 5.36. The smallest absolute Gasteiger partial charge is 0.223 e. The fourth-order valence-corrected chi connectivity index (χ4v) is 2.45. The summed E-state index contributed by atoms with van der Waals surface area (Å²) in [6.45, 7) is 11.3. The molecule has 1 heterocycles. The van der Waals surface area contributed by atoms with Crippen LogP contribution in [0, 0.1) is 0 Å². The van der Waals surface area contributed by atoms with E-state index in [1.54, 1.807) is 0 Å². The zero-order chi connectivity index (χ0) is 15.5. The van der Waals surface area contributed by atoms with Crippen LogP contribution in [0.1, 0.15) is 33.1 Å². The number of rotatable bonds is 9. The first-order valence-electron chi connectivity index (χ1n) is 8.14. The van der Waals surface area contributed by atoms with Gasteiger partial charge >= 0.3 is 0 Å². The summed E-state index contributed by atoms with van der Waals surface area (Å²) in [5.74, 6) is 0.0767. The highest BCUT2D eigenvalue weighted by Gasteiger charge is 2.16. The van der Waals surface area contributed by atoms with Crippen molar-refractivity contribution in [3.05, 3.63) is 0 Å². The van der Waals surface area contributed by atoms with E-state index in [-0.39, 0.29) is 11.8 Å². The lowest BCUT2D eigenvalue weighted by Gasteiger charge is -2.27. The minimum atomic E-state index is -0.0157. The summed E-state index contributed by atoms with van der Waals surface area (Å²) in [6.07, 6.45) is 1.58. The van der Waals surface area contributed by atoms with Gasteiger partial charge in [0.1, 0.15) is 0 Å². The fourth-order valence-electron chi connectivity index (χ4n) is 2.45. The van der Waals surface area contributed by atoms with Gasteiger partial charge in [-0.15, -0.1) is 0 Å². The highest BCUT2D eigenvalue weighted by Crippen LogP contribution is 2.00. The zero-order valence-corrected chi connectivity index (χ0v) is 13.5. The van der Waals surface area contributed by atoms with Gasteiger partial charge in [0.2, 0.25) is 11.8 Å². The van der Waals surface area contributed by atoms with E-state index in [2.05, 4.69) is 29.4 Å². The third-order valence-corrected chi connectivity index (χ3v) is 3.90. The molecule has 2 N–H and O–H groups in total. The molecule has 1 fully saturated rings. The molecule has 6 heteroatoms. The van der Waals surface area contributed by atoms with Crippen molar-refractivity contribution in [3.8, 4) is 0 Å². The number of hydrogen-bond donors (Lipinski definition) is 2. The number of piperazine rings is 1. The monoisotopic (exact) mass is 298 g/mol. The molecule has 6 nitrogen and oxygen atoms in total. The Bertz CT molecular complexity index is 313. The lowest BCUT2D eigenvalue weighted by molar-refractivity contribution is -0.134. The van der Waals surface area contributed by atoms with Crippen LogP contribution in [0.4, 0.5) is 0 Å². The van der Waals surface area contributed by atoms with Crippen LogP contribution in [-0.4, -0.2) is 74.0 Å². The van der Waals surface area contributed by atoms with E-state index in [0.29, 0.717) is 19.4 Å². The number of amides is 2. The highest BCUT2D eigenvalue weighted by atomic mass is 16.2. The maximum atomic E-state index is 11.9. The number of nitrogens with zero attached hydrogens (tertiary/aromatic N) is 2. The van der Waals surface area contributed by atoms with Gasteiger partial charge < -0.3 is 20.4 Å². The standard InChI is InChI=1S/C15H30N4O2/c1-3-18(4-2)11-5-8-17-14(20)6-7-15(21)19-12-9-16-10-13-19/h16H,3-13H2,1-2H3,(H,17,20). The maximum Gasteiger partial charge on any atom is 0.223 e. The Morgan fingerprint density at radius 1 is 1.14 bits per heavy atom. The first-order chi connectivity index (χ1) is 10.2. The Labute approximate surface area is 128 Å². The van der Waals surface area contributed by atoms with Gasteiger partial charge in [0, 0.05) is 45.6 Å². The molecule has 0 bridgehead atoms. The van der Waals surface area contributed by atoms with Gasteiger partial charge in [0.25, 0.3) is 0 Å². The van der Waals surface area contributed by atoms with Crippen molar-refractivity contribution in [1.82, 2.24) is 20.4 Å². The molecule has 0 aliphatic carbocycles. The van der Waals surface area contributed by atoms with E-state index in [4.69, 9.17) is 0 Å². The maximum absolute atomic E-state index is 11.9. The SMILES string of the molecule is CCN(CC)CCCNC(=O)CCC(=O)N1CCNCC1. The average molecular weight is 298 g/mol. The summed E-state index contributed by atoms with van der Waals surface area (Å²) < 4.78 is 0. The van der Waals surface area contributed by atoms with Crippen LogP contribution in [0.2, 0.25) is 0 Å². The van der Waals surface area contributed by atoms with Crippen molar-refractivity contribution in [3.63, 3.8) is 0 Å². The van der Waals surface area contributed by atoms with Crippen LogP contribution in [0.3, 0.4) is 0 Å². The van der Waals surface area contributed by atoms with E-state index < -0.39 is 0 Å². The second-order valence-corrected chi connectivity index (χ2v) is 5.36. The first kappa shape index (κ1) is 17.9. The Balaban J connectivity index is 2.06. The van der Waals surface area contributed by atoms with Crippen molar-refractivity contribution in [2.75, 3.05) is 52.4 Å². The van der Waals surface area contributed by atoms with Crippen molar-refractivity contribution < 1.29 is 9.59 Å². The minimum absolute atomic E-state index is 0.0157. The van der Waals surface area contributed by atoms with E-state index in [0.717, 1.165) is 52.2 Å². The molecule has 1 saturated heterocycles. The third-order valence-electron chi connectivity index (χ3n) is 3.90. The average Bonchev–Trinajstić information content (AvgIpc) is 2.53. The molecular formula is C15H30N4O2. The van der Waals surface area contributed by atoms with E-state index in [1.807, 2.05) is 4.90 Å². The molecule has 1 rings (SSSR count). The van der Waals surface area contributed by atoms with Crippen molar-refractivity contribution in [2.24, 2.45) is 0 Å². The number of nitrogens with one attached hydrogen (secondary N) is 2. The Kier molecular flexibility index (Phi) is 9.01. The van der Waals surface area contributed by atoms with Crippen molar-refractivity contribution >= 4 is 11.8 Å². The third kappa shape index (κ3) is 7.43. The number of hydrogen-bond acceptors (Lipinski definition) is 4. The van der Waals surface area contributed by atoms with Gasteiger partial charge in [0.15, 0.2) is 0 Å². The summed E-state index contributed by atoms with van der Waals surface area (Å²) in [5.41, 5.74) is 0. The Morgan fingerprint density at radius 3 is 2.43 bits per heavy atom. The lowest BCUT2D eigenvalue weighted by Crippen LogP contribution is -2.46. The lowest BCUT2D eigenvalue weighted by atomic mass is 10.2. The largest absolute Gasteiger partial charge is 0.356 e. The number of carbonyl (C=O) groups excluding carboxylic acids is 2. The predicted octanol–water partition coefficient (Wildman–Crippen LogP) is 0.0465. The van der Waals surface area contributed by atoms with Crippen molar-refractivity contribution in [1.29, 1.82) is 0 Å². The summed E-state index contributed by atoms with van der Waals surface area (Å²) in [6, 6.07) is 0. The molecule has 122 valence electrons. The van der Waals surface area contributed by atoms with Gasteiger partial charge in [-0.1, -0.05) is 13.8 Å². The quantitative estimate of drug-likeness (QED) is 0.590. The molecule has 1 aliphatic rings. The van der Waals surface area contributed by atoms with E-state index >= 15 is 0 Å². The topological polar surface area (TPSA) is 64.7 Å². The summed E-state index contributed by atoms with van der Waals surface area (Å²) in [7, 11) is 0. The molecule has 1 aliphatic heterocycles. The zero-order valence-electron chi connectivity index (χ0n) is 13.5. The van der Waals surface area contributed by atoms with Crippen LogP contribution in [0.25, 0.3) is 0 Å². The number of carbonyl (C=O) groups is 2. The Hall–Kier alpha value is -1.14. The molecule has 21 heavy (non-hydrogen) atoms. The molecule has 0 radical (unpaired) electrons. The van der Waals surface area contributed by atoms with Crippen LogP contribution in [0.15, 0.2) is 0 Å². The minimum Gasteiger partial charge on any atom is -0.356 e. The van der Waals surface area contributed by atoms with Gasteiger partial charge in [-0.2, -0.15) is 0 Å². The van der Waals surface area contributed by atoms with Gasteiger partial charge in [-0.3, -0.25) is 9.59 Å². The van der Waals surface area contributed by atoms with Gasteiger partial charge in [0.05, 0.1) is 0 Å². The van der Waals surface area contributed by atoms with Gasteiger partial charge in [-0.05, 0) is 26.1 Å². The van der Waals surface area contributed by atoms with Gasteiger partial charge in [-0.25, -0.2) is 0 Å². The van der Waals surface area contributed by atoms with Crippen LogP contribution >= 0.6 is 0 Å². The fraction of sp³-hybridized carbons (Fsp3) is 0.867. The summed E-state index contributed by atoms with van der Waals surface area (Å²) in [5, 5.41) is 6.11. The summed E-state index contributed by atoms with van der Waals surface area (Å²) in [4.78, 5) is 27.8. The first-order valence-corrected chi connectivity index (χ1v) is 8.14. The highest BCUT2D eigenvalue weighted by molar-refractivity contribution is 5.83. The molecule has 0 spiro atoms. The van der Waals surface area contributed by atoms with Crippen LogP contribution in [-0.2, 0) is 9.59 Å². The van der Waals surface area contributed by atoms with E-state index in [1.165, 1.54) is 0 Å². The molecule has 0 aromatic heterocycles. The molecule has 0 atom stereocenters. The molecule has 2 amide bonds. The van der Waals surface area contributed by atoms with Crippen LogP contribution < -0.4 is 10.6 Å². The van der Waals surface area contributed by atoms with Crippen molar-refractivity contribution in [2.45, 2.75) is 33.1 Å². The van der Waals surface area contributed by atoms with E-state index in [9.17, 15) is 9.59 Å². The van der Waals surface area contributed by atoms with Crippen LogP contribution in [0.5, 0.6) is 0 Å². The molecule has 0 unspecified atom stereocenters. The predicted molar refractivity (Wildman–Crippen MR) is 84.1 cm³/mol. The molecular weight excluding hydrogens is 268 g/mol. The molecule has 0 saturated carbocycles. The molecule has 0 aromatic rings. The second kappa shape index (κ2) is 10.6. The normalized spacial score (nSPS) is 15.3.